The second-order valence-electron chi connectivity index (χ2n) is 4.00. The Labute approximate surface area is 95.6 Å². The Hall–Kier alpha value is -1.36. The van der Waals surface area contributed by atoms with Crippen LogP contribution in [0.15, 0.2) is 10.6 Å². The zero-order valence-corrected chi connectivity index (χ0v) is 10.2. The molecule has 0 aliphatic heterocycles. The molecule has 90 valence electrons. The summed E-state index contributed by atoms with van der Waals surface area (Å²) in [4.78, 5) is 15.8. The first kappa shape index (κ1) is 12.7. The topological polar surface area (TPSA) is 67.2 Å². The summed E-state index contributed by atoms with van der Waals surface area (Å²) in [5.74, 6) is 1.23. The molecular weight excluding hydrogens is 206 g/mol. The van der Waals surface area contributed by atoms with Gasteiger partial charge in [0.2, 0.25) is 11.8 Å². The van der Waals surface area contributed by atoms with E-state index in [2.05, 4.69) is 15.6 Å². The van der Waals surface area contributed by atoms with Gasteiger partial charge < -0.3 is 15.1 Å². The van der Waals surface area contributed by atoms with Crippen molar-refractivity contribution < 1.29 is 9.21 Å². The first-order chi connectivity index (χ1) is 7.54. The monoisotopic (exact) mass is 225 g/mol. The zero-order chi connectivity index (χ0) is 12.1. The van der Waals surface area contributed by atoms with Crippen molar-refractivity contribution >= 4 is 5.91 Å². The predicted molar refractivity (Wildman–Crippen MR) is 60.9 cm³/mol. The molecule has 2 N–H and O–H groups in total. The van der Waals surface area contributed by atoms with Gasteiger partial charge in [-0.2, -0.15) is 0 Å². The van der Waals surface area contributed by atoms with Crippen molar-refractivity contribution in [1.82, 2.24) is 15.6 Å². The zero-order valence-electron chi connectivity index (χ0n) is 10.2. The third-order valence-electron chi connectivity index (χ3n) is 2.33. The van der Waals surface area contributed by atoms with Gasteiger partial charge in [0.15, 0.2) is 0 Å². The van der Waals surface area contributed by atoms with Crippen LogP contribution in [0, 0.1) is 12.8 Å². The molecule has 1 aromatic heterocycles. The van der Waals surface area contributed by atoms with E-state index in [0.717, 1.165) is 5.76 Å². The van der Waals surface area contributed by atoms with Crippen LogP contribution >= 0.6 is 0 Å². The van der Waals surface area contributed by atoms with E-state index < -0.39 is 0 Å². The molecule has 1 amide bonds. The molecule has 5 nitrogen and oxygen atoms in total. The van der Waals surface area contributed by atoms with Crippen molar-refractivity contribution in [3.05, 3.63) is 17.8 Å². The fourth-order valence-corrected chi connectivity index (χ4v) is 1.39. The number of amides is 1. The molecule has 0 saturated carbocycles. The first-order valence-electron chi connectivity index (χ1n) is 5.42. The van der Waals surface area contributed by atoms with Crippen molar-refractivity contribution in [2.24, 2.45) is 5.92 Å². The van der Waals surface area contributed by atoms with Gasteiger partial charge in [0.1, 0.15) is 11.8 Å². The molecule has 5 heteroatoms. The molecule has 2 atom stereocenters. The summed E-state index contributed by atoms with van der Waals surface area (Å²) in [6, 6.07) is -0.194. The summed E-state index contributed by atoms with van der Waals surface area (Å²) in [7, 11) is 1.82. The average Bonchev–Trinajstić information content (AvgIpc) is 2.65. The normalized spacial score (nSPS) is 14.5. The lowest BCUT2D eigenvalue weighted by Crippen LogP contribution is -2.35. The highest BCUT2D eigenvalue weighted by Gasteiger charge is 2.18. The van der Waals surface area contributed by atoms with Crippen LogP contribution < -0.4 is 10.6 Å². The third-order valence-corrected chi connectivity index (χ3v) is 2.33. The average molecular weight is 225 g/mol. The Bertz CT molecular complexity index is 349. The summed E-state index contributed by atoms with van der Waals surface area (Å²) in [5.41, 5.74) is 0. The van der Waals surface area contributed by atoms with E-state index in [1.807, 2.05) is 27.8 Å². The molecule has 0 aliphatic rings. The van der Waals surface area contributed by atoms with E-state index in [9.17, 15) is 4.79 Å². The van der Waals surface area contributed by atoms with E-state index in [0.29, 0.717) is 12.4 Å². The molecule has 1 rings (SSSR count). The number of nitrogens with one attached hydrogen (secondary N) is 2. The molecule has 0 spiro atoms. The van der Waals surface area contributed by atoms with Crippen LogP contribution in [-0.4, -0.2) is 24.5 Å². The van der Waals surface area contributed by atoms with Crippen molar-refractivity contribution in [3.8, 4) is 0 Å². The van der Waals surface area contributed by atoms with Crippen LogP contribution in [0.25, 0.3) is 0 Å². The Balaban J connectivity index is 2.51. The van der Waals surface area contributed by atoms with Crippen LogP contribution in [-0.2, 0) is 4.79 Å². The van der Waals surface area contributed by atoms with E-state index in [1.54, 1.807) is 6.20 Å². The van der Waals surface area contributed by atoms with Crippen LogP contribution in [0.2, 0.25) is 0 Å². The van der Waals surface area contributed by atoms with E-state index >= 15 is 0 Å². The number of hydrogen-bond acceptors (Lipinski definition) is 4. The number of carbonyl (C=O) groups is 1. The van der Waals surface area contributed by atoms with Gasteiger partial charge in [-0.1, -0.05) is 6.92 Å². The quantitative estimate of drug-likeness (QED) is 0.785. The molecule has 0 bridgehead atoms. The van der Waals surface area contributed by atoms with Crippen LogP contribution in [0.3, 0.4) is 0 Å². The number of carbonyl (C=O) groups excluding carboxylic acids is 1. The van der Waals surface area contributed by atoms with E-state index in [4.69, 9.17) is 4.42 Å². The molecular formula is C11H19N3O2. The highest BCUT2D eigenvalue weighted by Crippen LogP contribution is 2.12. The van der Waals surface area contributed by atoms with Crippen molar-refractivity contribution in [1.29, 1.82) is 0 Å². The SMILES string of the molecule is CNCC(C)C(=O)NC(C)c1ncc(C)o1. The molecule has 0 fully saturated rings. The lowest BCUT2D eigenvalue weighted by Gasteiger charge is -2.14. The highest BCUT2D eigenvalue weighted by molar-refractivity contribution is 5.78. The number of hydrogen-bond donors (Lipinski definition) is 2. The Morgan fingerprint density at radius 1 is 1.56 bits per heavy atom. The molecule has 0 radical (unpaired) electrons. The molecule has 1 heterocycles. The van der Waals surface area contributed by atoms with Gasteiger partial charge in [-0.15, -0.1) is 0 Å². The van der Waals surface area contributed by atoms with Gasteiger partial charge in [-0.05, 0) is 20.9 Å². The van der Waals surface area contributed by atoms with Gasteiger partial charge >= 0.3 is 0 Å². The Kier molecular flexibility index (Phi) is 4.49. The van der Waals surface area contributed by atoms with Gasteiger partial charge in [0.25, 0.3) is 0 Å². The lowest BCUT2D eigenvalue weighted by atomic mass is 10.1. The fraction of sp³-hybridized carbons (Fsp3) is 0.636. The molecule has 16 heavy (non-hydrogen) atoms. The maximum absolute atomic E-state index is 11.7. The number of aryl methyl sites for hydroxylation is 1. The summed E-state index contributed by atoms with van der Waals surface area (Å²) in [6.45, 7) is 6.21. The van der Waals surface area contributed by atoms with Gasteiger partial charge in [0, 0.05) is 12.5 Å². The summed E-state index contributed by atoms with van der Waals surface area (Å²) in [6.07, 6.45) is 1.65. The Morgan fingerprint density at radius 2 is 2.25 bits per heavy atom. The molecule has 2 unspecified atom stereocenters. The summed E-state index contributed by atoms with van der Waals surface area (Å²) >= 11 is 0. The molecule has 0 saturated heterocycles. The van der Waals surface area contributed by atoms with Gasteiger partial charge in [0.05, 0.1) is 6.20 Å². The van der Waals surface area contributed by atoms with Crippen LogP contribution in [0.5, 0.6) is 0 Å². The summed E-state index contributed by atoms with van der Waals surface area (Å²) < 4.78 is 5.34. The first-order valence-corrected chi connectivity index (χ1v) is 5.42. The van der Waals surface area contributed by atoms with E-state index in [1.165, 1.54) is 0 Å². The van der Waals surface area contributed by atoms with Crippen molar-refractivity contribution in [2.75, 3.05) is 13.6 Å². The van der Waals surface area contributed by atoms with Gasteiger partial charge in [-0.25, -0.2) is 4.98 Å². The largest absolute Gasteiger partial charge is 0.444 e. The predicted octanol–water partition coefficient (Wildman–Crippen LogP) is 1.02. The minimum atomic E-state index is -0.194. The van der Waals surface area contributed by atoms with Crippen molar-refractivity contribution in [2.45, 2.75) is 26.8 Å². The Morgan fingerprint density at radius 3 is 2.75 bits per heavy atom. The molecule has 0 aromatic carbocycles. The standard InChI is InChI=1S/C11H19N3O2/c1-7(5-12-4)10(15)14-9(3)11-13-6-8(2)16-11/h6-7,9,12H,5H2,1-4H3,(H,14,15). The maximum Gasteiger partial charge on any atom is 0.224 e. The third kappa shape index (κ3) is 3.34. The van der Waals surface area contributed by atoms with Gasteiger partial charge in [-0.3, -0.25) is 4.79 Å². The number of oxazole rings is 1. The molecule has 0 aliphatic carbocycles. The number of rotatable bonds is 5. The fourth-order valence-electron chi connectivity index (χ4n) is 1.39. The highest BCUT2D eigenvalue weighted by atomic mass is 16.4. The van der Waals surface area contributed by atoms with Crippen LogP contribution in [0.1, 0.15) is 31.5 Å². The number of nitrogens with zero attached hydrogens (tertiary/aromatic N) is 1. The second-order valence-corrected chi connectivity index (χ2v) is 4.00. The maximum atomic E-state index is 11.7. The van der Waals surface area contributed by atoms with Crippen molar-refractivity contribution in [3.63, 3.8) is 0 Å². The molecule has 1 aromatic rings. The summed E-state index contributed by atoms with van der Waals surface area (Å²) in [5, 5.41) is 5.82. The van der Waals surface area contributed by atoms with Crippen LogP contribution in [0.4, 0.5) is 0 Å². The minimum Gasteiger partial charge on any atom is -0.444 e. The number of aromatic nitrogens is 1. The second kappa shape index (κ2) is 5.65. The van der Waals surface area contributed by atoms with E-state index in [-0.39, 0.29) is 17.9 Å². The smallest absolute Gasteiger partial charge is 0.224 e. The lowest BCUT2D eigenvalue weighted by molar-refractivity contribution is -0.125. The minimum absolute atomic E-state index is 0.00213.